The number of amides is 3. The second-order valence-corrected chi connectivity index (χ2v) is 4.99. The van der Waals surface area contributed by atoms with Crippen LogP contribution < -0.4 is 5.32 Å². The SMILES string of the molecule is CCNC(=O)CN(CC)C(=O)CN1CCCCCC1=O. The van der Waals surface area contributed by atoms with Gasteiger partial charge in [-0.25, -0.2) is 0 Å². The molecule has 1 aliphatic rings. The van der Waals surface area contributed by atoms with Crippen molar-refractivity contribution in [3.8, 4) is 0 Å². The fraction of sp³-hybridized carbons (Fsp3) is 0.786. The van der Waals surface area contributed by atoms with Gasteiger partial charge in [-0.05, 0) is 26.7 Å². The van der Waals surface area contributed by atoms with Gasteiger partial charge in [0, 0.05) is 26.1 Å². The van der Waals surface area contributed by atoms with Crippen LogP contribution in [0.1, 0.15) is 39.5 Å². The molecule has 1 heterocycles. The van der Waals surface area contributed by atoms with Gasteiger partial charge < -0.3 is 15.1 Å². The molecule has 3 amide bonds. The van der Waals surface area contributed by atoms with E-state index in [9.17, 15) is 14.4 Å². The summed E-state index contributed by atoms with van der Waals surface area (Å²) >= 11 is 0. The highest BCUT2D eigenvalue weighted by atomic mass is 16.2. The Morgan fingerprint density at radius 2 is 2.00 bits per heavy atom. The lowest BCUT2D eigenvalue weighted by molar-refractivity contribution is -0.141. The third-order valence-corrected chi connectivity index (χ3v) is 3.44. The largest absolute Gasteiger partial charge is 0.355 e. The molecule has 0 radical (unpaired) electrons. The summed E-state index contributed by atoms with van der Waals surface area (Å²) in [5, 5.41) is 2.67. The zero-order valence-corrected chi connectivity index (χ0v) is 12.5. The van der Waals surface area contributed by atoms with E-state index in [0.717, 1.165) is 19.3 Å². The number of carbonyl (C=O) groups excluding carboxylic acids is 3. The number of nitrogens with one attached hydrogen (secondary N) is 1. The minimum Gasteiger partial charge on any atom is -0.355 e. The Morgan fingerprint density at radius 1 is 1.25 bits per heavy atom. The van der Waals surface area contributed by atoms with E-state index in [1.807, 2.05) is 13.8 Å². The molecule has 0 aromatic carbocycles. The summed E-state index contributed by atoms with van der Waals surface area (Å²) < 4.78 is 0. The summed E-state index contributed by atoms with van der Waals surface area (Å²) in [5.41, 5.74) is 0. The van der Waals surface area contributed by atoms with E-state index in [0.29, 0.717) is 26.1 Å². The van der Waals surface area contributed by atoms with Crippen molar-refractivity contribution >= 4 is 17.7 Å². The van der Waals surface area contributed by atoms with Gasteiger partial charge in [0.15, 0.2) is 0 Å². The smallest absolute Gasteiger partial charge is 0.242 e. The molecule has 20 heavy (non-hydrogen) atoms. The van der Waals surface area contributed by atoms with Crippen LogP contribution in [-0.4, -0.2) is 60.2 Å². The number of hydrogen-bond donors (Lipinski definition) is 1. The molecule has 114 valence electrons. The van der Waals surface area contributed by atoms with Gasteiger partial charge in [-0.3, -0.25) is 14.4 Å². The van der Waals surface area contributed by atoms with Crippen LogP contribution in [0.5, 0.6) is 0 Å². The number of rotatable bonds is 6. The van der Waals surface area contributed by atoms with Gasteiger partial charge in [-0.1, -0.05) is 6.42 Å². The predicted octanol–water partition coefficient (Wildman–Crippen LogP) is 0.374. The fourth-order valence-electron chi connectivity index (χ4n) is 2.27. The first kappa shape index (κ1) is 16.5. The van der Waals surface area contributed by atoms with Crippen LogP contribution in [0.3, 0.4) is 0 Å². The molecular weight excluding hydrogens is 258 g/mol. The first-order valence-electron chi connectivity index (χ1n) is 7.40. The van der Waals surface area contributed by atoms with Crippen molar-refractivity contribution in [3.05, 3.63) is 0 Å². The summed E-state index contributed by atoms with van der Waals surface area (Å²) in [7, 11) is 0. The van der Waals surface area contributed by atoms with Crippen molar-refractivity contribution in [2.75, 3.05) is 32.7 Å². The topological polar surface area (TPSA) is 69.7 Å². The van der Waals surface area contributed by atoms with Crippen LogP contribution in [0.2, 0.25) is 0 Å². The molecule has 1 aliphatic heterocycles. The number of hydrogen-bond acceptors (Lipinski definition) is 3. The monoisotopic (exact) mass is 283 g/mol. The van der Waals surface area contributed by atoms with E-state index in [-0.39, 0.29) is 30.8 Å². The van der Waals surface area contributed by atoms with E-state index in [2.05, 4.69) is 5.32 Å². The maximum Gasteiger partial charge on any atom is 0.242 e. The highest BCUT2D eigenvalue weighted by Gasteiger charge is 2.22. The van der Waals surface area contributed by atoms with Crippen molar-refractivity contribution in [3.63, 3.8) is 0 Å². The zero-order valence-electron chi connectivity index (χ0n) is 12.5. The minimum absolute atomic E-state index is 0.0462. The van der Waals surface area contributed by atoms with Gasteiger partial charge in [0.05, 0.1) is 13.1 Å². The van der Waals surface area contributed by atoms with E-state index in [1.165, 1.54) is 4.90 Å². The van der Waals surface area contributed by atoms with Crippen LogP contribution in [0, 0.1) is 0 Å². The molecular formula is C14H25N3O3. The Kier molecular flexibility index (Phi) is 7.04. The summed E-state index contributed by atoms with van der Waals surface area (Å²) in [6, 6.07) is 0. The highest BCUT2D eigenvalue weighted by Crippen LogP contribution is 2.11. The van der Waals surface area contributed by atoms with E-state index >= 15 is 0 Å². The maximum atomic E-state index is 12.2. The van der Waals surface area contributed by atoms with Crippen molar-refractivity contribution in [1.82, 2.24) is 15.1 Å². The van der Waals surface area contributed by atoms with Crippen molar-refractivity contribution < 1.29 is 14.4 Å². The van der Waals surface area contributed by atoms with Gasteiger partial charge in [-0.15, -0.1) is 0 Å². The second-order valence-electron chi connectivity index (χ2n) is 4.99. The molecule has 1 fully saturated rings. The first-order chi connectivity index (χ1) is 9.58. The molecule has 0 saturated carbocycles. The third kappa shape index (κ3) is 5.19. The number of nitrogens with zero attached hydrogens (tertiary/aromatic N) is 2. The van der Waals surface area contributed by atoms with Gasteiger partial charge in [0.25, 0.3) is 0 Å². The average molecular weight is 283 g/mol. The molecule has 0 spiro atoms. The second kappa shape index (κ2) is 8.55. The molecule has 0 aromatic rings. The summed E-state index contributed by atoms with van der Waals surface area (Å²) in [6.45, 7) is 5.49. The lowest BCUT2D eigenvalue weighted by Gasteiger charge is -2.25. The van der Waals surface area contributed by atoms with Gasteiger partial charge >= 0.3 is 0 Å². The van der Waals surface area contributed by atoms with Crippen LogP contribution in [0.15, 0.2) is 0 Å². The third-order valence-electron chi connectivity index (χ3n) is 3.44. The Hall–Kier alpha value is -1.59. The van der Waals surface area contributed by atoms with Crippen LogP contribution in [-0.2, 0) is 14.4 Å². The van der Waals surface area contributed by atoms with E-state index < -0.39 is 0 Å². The molecule has 6 heteroatoms. The lowest BCUT2D eigenvalue weighted by Crippen LogP contribution is -2.46. The Morgan fingerprint density at radius 3 is 2.65 bits per heavy atom. The molecule has 0 aliphatic carbocycles. The van der Waals surface area contributed by atoms with E-state index in [4.69, 9.17) is 0 Å². The summed E-state index contributed by atoms with van der Waals surface area (Å²) in [6.07, 6.45) is 3.41. The molecule has 0 bridgehead atoms. The predicted molar refractivity (Wildman–Crippen MR) is 76.0 cm³/mol. The first-order valence-corrected chi connectivity index (χ1v) is 7.40. The Bertz CT molecular complexity index is 358. The van der Waals surface area contributed by atoms with Crippen molar-refractivity contribution in [2.24, 2.45) is 0 Å². The lowest BCUT2D eigenvalue weighted by atomic mass is 10.2. The minimum atomic E-state index is -0.162. The summed E-state index contributed by atoms with van der Waals surface area (Å²) in [4.78, 5) is 38.7. The van der Waals surface area contributed by atoms with Crippen LogP contribution in [0.25, 0.3) is 0 Å². The van der Waals surface area contributed by atoms with Crippen molar-refractivity contribution in [2.45, 2.75) is 39.5 Å². The quantitative estimate of drug-likeness (QED) is 0.766. The molecule has 1 saturated heterocycles. The van der Waals surface area contributed by atoms with Crippen LogP contribution >= 0.6 is 0 Å². The normalized spacial score (nSPS) is 15.7. The number of likely N-dealkylation sites (N-methyl/N-ethyl adjacent to an activating group) is 2. The zero-order chi connectivity index (χ0) is 15.0. The fourth-order valence-corrected chi connectivity index (χ4v) is 2.27. The van der Waals surface area contributed by atoms with Gasteiger partial charge in [0.2, 0.25) is 17.7 Å². The molecule has 1 N–H and O–H groups in total. The molecule has 0 aromatic heterocycles. The summed E-state index contributed by atoms with van der Waals surface area (Å²) in [5.74, 6) is -0.274. The maximum absolute atomic E-state index is 12.2. The molecule has 0 atom stereocenters. The molecule has 6 nitrogen and oxygen atoms in total. The van der Waals surface area contributed by atoms with Gasteiger partial charge in [-0.2, -0.15) is 0 Å². The van der Waals surface area contributed by atoms with E-state index in [1.54, 1.807) is 4.90 Å². The average Bonchev–Trinajstić information content (AvgIpc) is 2.61. The van der Waals surface area contributed by atoms with Gasteiger partial charge in [0.1, 0.15) is 0 Å². The number of carbonyl (C=O) groups is 3. The Balaban J connectivity index is 2.53. The van der Waals surface area contributed by atoms with Crippen molar-refractivity contribution in [1.29, 1.82) is 0 Å². The van der Waals surface area contributed by atoms with Crippen LogP contribution in [0.4, 0.5) is 0 Å². The standard InChI is InChI=1S/C14H25N3O3/c1-3-15-12(18)10-16(4-2)14(20)11-17-9-7-5-6-8-13(17)19/h3-11H2,1-2H3,(H,15,18). The highest BCUT2D eigenvalue weighted by molar-refractivity contribution is 5.88. The molecule has 1 rings (SSSR count). The molecule has 0 unspecified atom stereocenters. The Labute approximate surface area is 120 Å². The number of likely N-dealkylation sites (tertiary alicyclic amines) is 1.